The van der Waals surface area contributed by atoms with E-state index in [4.69, 9.17) is 0 Å². The Morgan fingerprint density at radius 1 is 1.35 bits per heavy atom. The Hall–Kier alpha value is -0.980. The van der Waals surface area contributed by atoms with E-state index in [1.54, 1.807) is 11.1 Å². The molecule has 2 aliphatic rings. The van der Waals surface area contributed by atoms with Crippen LogP contribution in [0.5, 0.6) is 0 Å². The van der Waals surface area contributed by atoms with Crippen LogP contribution in [0.1, 0.15) is 59.8 Å². The fourth-order valence-electron chi connectivity index (χ4n) is 3.10. The minimum Gasteiger partial charge on any atom is -0.369 e. The van der Waals surface area contributed by atoms with Crippen molar-refractivity contribution in [2.45, 2.75) is 65.8 Å². The monoisotopic (exact) mass is 273 g/mol. The SMILES string of the molecule is C=C(C1CC1)N(C/C=C(/C)C1CC=C(C)CC1)C(C)C. The minimum absolute atomic E-state index is 0.556. The molecule has 0 aromatic heterocycles. The van der Waals surface area contributed by atoms with Crippen LogP contribution in [-0.2, 0) is 0 Å². The van der Waals surface area contributed by atoms with Gasteiger partial charge in [-0.1, -0.05) is 29.9 Å². The van der Waals surface area contributed by atoms with Crippen LogP contribution in [0.3, 0.4) is 0 Å². The summed E-state index contributed by atoms with van der Waals surface area (Å²) in [5.41, 5.74) is 4.51. The van der Waals surface area contributed by atoms with Crippen LogP contribution in [0.15, 0.2) is 35.6 Å². The van der Waals surface area contributed by atoms with E-state index in [0.29, 0.717) is 6.04 Å². The third-order valence-electron chi connectivity index (χ3n) is 4.93. The largest absolute Gasteiger partial charge is 0.369 e. The maximum atomic E-state index is 4.33. The van der Waals surface area contributed by atoms with Gasteiger partial charge in [-0.25, -0.2) is 0 Å². The molecule has 0 radical (unpaired) electrons. The first kappa shape index (κ1) is 15.4. The van der Waals surface area contributed by atoms with Gasteiger partial charge in [0.25, 0.3) is 0 Å². The highest BCUT2D eigenvalue weighted by Gasteiger charge is 2.28. The van der Waals surface area contributed by atoms with Gasteiger partial charge < -0.3 is 4.90 Å². The summed E-state index contributed by atoms with van der Waals surface area (Å²) in [6.45, 7) is 14.5. The summed E-state index contributed by atoms with van der Waals surface area (Å²) in [5, 5.41) is 0. The number of hydrogen-bond donors (Lipinski definition) is 0. The van der Waals surface area contributed by atoms with E-state index in [-0.39, 0.29) is 0 Å². The zero-order valence-corrected chi connectivity index (χ0v) is 13.8. The summed E-state index contributed by atoms with van der Waals surface area (Å²) >= 11 is 0. The van der Waals surface area contributed by atoms with Crippen LogP contribution in [0.4, 0.5) is 0 Å². The highest BCUT2D eigenvalue weighted by atomic mass is 15.2. The molecule has 0 spiro atoms. The molecule has 2 rings (SSSR count). The topological polar surface area (TPSA) is 3.24 Å². The lowest BCUT2D eigenvalue weighted by Crippen LogP contribution is -2.31. The predicted molar refractivity (Wildman–Crippen MR) is 88.6 cm³/mol. The van der Waals surface area contributed by atoms with E-state index in [0.717, 1.165) is 18.4 Å². The molecule has 0 aliphatic heterocycles. The molecule has 1 atom stereocenters. The first-order valence-electron chi connectivity index (χ1n) is 8.26. The Morgan fingerprint density at radius 2 is 2.05 bits per heavy atom. The van der Waals surface area contributed by atoms with E-state index < -0.39 is 0 Å². The van der Waals surface area contributed by atoms with Crippen LogP contribution in [0.2, 0.25) is 0 Å². The Morgan fingerprint density at radius 3 is 2.55 bits per heavy atom. The van der Waals surface area contributed by atoms with Crippen molar-refractivity contribution in [3.05, 3.63) is 35.6 Å². The third-order valence-corrected chi connectivity index (χ3v) is 4.93. The smallest absolute Gasteiger partial charge is 0.0361 e. The van der Waals surface area contributed by atoms with E-state index in [9.17, 15) is 0 Å². The van der Waals surface area contributed by atoms with Crippen molar-refractivity contribution in [2.75, 3.05) is 6.54 Å². The van der Waals surface area contributed by atoms with Gasteiger partial charge in [0.1, 0.15) is 0 Å². The van der Waals surface area contributed by atoms with Crippen LogP contribution < -0.4 is 0 Å². The summed E-state index contributed by atoms with van der Waals surface area (Å²) in [6.07, 6.45) is 11.4. The molecule has 0 saturated heterocycles. The minimum atomic E-state index is 0.556. The Balaban J connectivity index is 1.93. The second-order valence-corrected chi connectivity index (χ2v) is 6.98. The molecule has 112 valence electrons. The van der Waals surface area contributed by atoms with Gasteiger partial charge in [-0.15, -0.1) is 0 Å². The second-order valence-electron chi connectivity index (χ2n) is 6.98. The Bertz CT molecular complexity index is 409. The maximum Gasteiger partial charge on any atom is 0.0361 e. The van der Waals surface area contributed by atoms with Crippen LogP contribution >= 0.6 is 0 Å². The first-order chi connectivity index (χ1) is 9.49. The van der Waals surface area contributed by atoms with Gasteiger partial charge in [0.15, 0.2) is 0 Å². The van der Waals surface area contributed by atoms with Crippen molar-refractivity contribution >= 4 is 0 Å². The highest BCUT2D eigenvalue weighted by Crippen LogP contribution is 2.38. The lowest BCUT2D eigenvalue weighted by atomic mass is 9.85. The standard InChI is InChI=1S/C19H31N/c1-14(2)20(17(5)19-10-11-19)13-12-16(4)18-8-6-15(3)7-9-18/h6,12,14,18-19H,5,7-11,13H2,1-4H3/b16-12-. The first-order valence-corrected chi connectivity index (χ1v) is 8.26. The Kier molecular flexibility index (Phi) is 5.12. The zero-order valence-electron chi connectivity index (χ0n) is 13.8. The molecular weight excluding hydrogens is 242 g/mol. The molecule has 1 saturated carbocycles. The molecule has 0 N–H and O–H groups in total. The quantitative estimate of drug-likeness (QED) is 0.592. The van der Waals surface area contributed by atoms with Gasteiger partial charge in [0, 0.05) is 18.3 Å². The lowest BCUT2D eigenvalue weighted by molar-refractivity contribution is 0.297. The van der Waals surface area contributed by atoms with Crippen molar-refractivity contribution in [3.63, 3.8) is 0 Å². The molecule has 1 nitrogen and oxygen atoms in total. The van der Waals surface area contributed by atoms with Gasteiger partial charge in [0.2, 0.25) is 0 Å². The van der Waals surface area contributed by atoms with Crippen molar-refractivity contribution < 1.29 is 0 Å². The normalized spacial score (nSPS) is 23.8. The third kappa shape index (κ3) is 4.01. The predicted octanol–water partition coefficient (Wildman–Crippen LogP) is 5.31. The molecule has 1 heteroatoms. The lowest BCUT2D eigenvalue weighted by Gasteiger charge is -2.31. The molecule has 20 heavy (non-hydrogen) atoms. The van der Waals surface area contributed by atoms with Crippen LogP contribution in [0, 0.1) is 11.8 Å². The summed E-state index contributed by atoms with van der Waals surface area (Å²) in [5.74, 6) is 1.54. The Labute approximate surface area is 125 Å². The molecule has 1 unspecified atom stereocenters. The van der Waals surface area contributed by atoms with Gasteiger partial charge in [0.05, 0.1) is 0 Å². The molecule has 0 aromatic carbocycles. The number of rotatable bonds is 6. The second kappa shape index (κ2) is 6.65. The molecule has 1 fully saturated rings. The van der Waals surface area contributed by atoms with Crippen LogP contribution in [-0.4, -0.2) is 17.5 Å². The van der Waals surface area contributed by atoms with Crippen molar-refractivity contribution in [1.82, 2.24) is 4.90 Å². The average molecular weight is 273 g/mol. The van der Waals surface area contributed by atoms with E-state index >= 15 is 0 Å². The van der Waals surface area contributed by atoms with E-state index in [1.807, 2.05) is 0 Å². The highest BCUT2D eigenvalue weighted by molar-refractivity contribution is 5.15. The van der Waals surface area contributed by atoms with Gasteiger partial charge in [-0.2, -0.15) is 0 Å². The van der Waals surface area contributed by atoms with E-state index in [1.165, 1.54) is 37.8 Å². The molecule has 0 bridgehead atoms. The van der Waals surface area contributed by atoms with Gasteiger partial charge >= 0.3 is 0 Å². The van der Waals surface area contributed by atoms with Crippen molar-refractivity contribution in [3.8, 4) is 0 Å². The molecule has 0 aromatic rings. The molecular formula is C19H31N. The summed E-state index contributed by atoms with van der Waals surface area (Å²) in [7, 11) is 0. The summed E-state index contributed by atoms with van der Waals surface area (Å²) < 4.78 is 0. The molecule has 2 aliphatic carbocycles. The van der Waals surface area contributed by atoms with Crippen LogP contribution in [0.25, 0.3) is 0 Å². The maximum absolute atomic E-state index is 4.33. The fraction of sp³-hybridized carbons (Fsp3) is 0.684. The summed E-state index contributed by atoms with van der Waals surface area (Å²) in [6, 6.07) is 0.556. The number of nitrogens with zero attached hydrogens (tertiary/aromatic N) is 1. The zero-order chi connectivity index (χ0) is 14.7. The average Bonchev–Trinajstić information content (AvgIpc) is 3.23. The number of allylic oxidation sites excluding steroid dienone is 4. The van der Waals surface area contributed by atoms with E-state index in [2.05, 4.69) is 51.3 Å². The number of hydrogen-bond acceptors (Lipinski definition) is 1. The molecule has 0 amide bonds. The summed E-state index contributed by atoms with van der Waals surface area (Å²) in [4.78, 5) is 2.49. The van der Waals surface area contributed by atoms with Gasteiger partial charge in [-0.3, -0.25) is 0 Å². The van der Waals surface area contributed by atoms with Gasteiger partial charge in [-0.05, 0) is 71.6 Å². The molecule has 0 heterocycles. The fourth-order valence-corrected chi connectivity index (χ4v) is 3.10. The van der Waals surface area contributed by atoms with Crippen molar-refractivity contribution in [2.24, 2.45) is 11.8 Å². The van der Waals surface area contributed by atoms with Crippen molar-refractivity contribution in [1.29, 1.82) is 0 Å².